The van der Waals surface area contributed by atoms with Gasteiger partial charge in [-0.25, -0.2) is 0 Å². The molecule has 1 aromatic rings. The summed E-state index contributed by atoms with van der Waals surface area (Å²) in [6.45, 7) is 0.687. The van der Waals surface area contributed by atoms with Crippen LogP contribution >= 0.6 is 15.9 Å². The summed E-state index contributed by atoms with van der Waals surface area (Å²) in [5.41, 5.74) is 1.02. The minimum absolute atomic E-state index is 0.0578. The molecule has 1 fully saturated rings. The molecule has 0 aromatic heterocycles. The van der Waals surface area contributed by atoms with E-state index in [9.17, 15) is 9.90 Å². The molecule has 19 heavy (non-hydrogen) atoms. The van der Waals surface area contributed by atoms with Gasteiger partial charge in [0.2, 0.25) is 5.91 Å². The maximum absolute atomic E-state index is 11.8. The SMILES string of the molecule is O=C(Cc1ccc(Br)cc1)NCC1CCCC(O)C1. The summed E-state index contributed by atoms with van der Waals surface area (Å²) >= 11 is 3.38. The number of carbonyl (C=O) groups excluding carboxylic acids is 1. The molecule has 1 aliphatic rings. The molecule has 0 spiro atoms. The Kier molecular flexibility index (Phi) is 5.40. The molecule has 0 radical (unpaired) electrons. The number of aliphatic hydroxyl groups is 1. The molecule has 4 heteroatoms. The molecular formula is C15H20BrNO2. The largest absolute Gasteiger partial charge is 0.393 e. The Morgan fingerprint density at radius 1 is 1.32 bits per heavy atom. The molecule has 0 heterocycles. The molecule has 1 aliphatic carbocycles. The fourth-order valence-electron chi connectivity index (χ4n) is 2.56. The predicted octanol–water partition coefficient (Wildman–Crippen LogP) is 2.66. The maximum atomic E-state index is 11.8. The van der Waals surface area contributed by atoms with E-state index in [-0.39, 0.29) is 12.0 Å². The van der Waals surface area contributed by atoms with Crippen molar-refractivity contribution in [2.45, 2.75) is 38.2 Å². The molecule has 3 nitrogen and oxygen atoms in total. The van der Waals surface area contributed by atoms with E-state index in [0.29, 0.717) is 18.9 Å². The zero-order chi connectivity index (χ0) is 13.7. The van der Waals surface area contributed by atoms with Crippen molar-refractivity contribution in [1.82, 2.24) is 5.32 Å². The zero-order valence-electron chi connectivity index (χ0n) is 10.9. The lowest BCUT2D eigenvalue weighted by Gasteiger charge is -2.25. The molecular weight excluding hydrogens is 306 g/mol. The summed E-state index contributed by atoms with van der Waals surface area (Å²) in [4.78, 5) is 11.8. The van der Waals surface area contributed by atoms with Gasteiger partial charge < -0.3 is 10.4 Å². The van der Waals surface area contributed by atoms with Gasteiger partial charge in [0.25, 0.3) is 0 Å². The minimum atomic E-state index is -0.179. The van der Waals surface area contributed by atoms with E-state index < -0.39 is 0 Å². The van der Waals surface area contributed by atoms with Crippen LogP contribution in [0.5, 0.6) is 0 Å². The molecule has 0 bridgehead atoms. The highest BCUT2D eigenvalue weighted by atomic mass is 79.9. The topological polar surface area (TPSA) is 49.3 Å². The lowest BCUT2D eigenvalue weighted by Crippen LogP contribution is -2.33. The van der Waals surface area contributed by atoms with Gasteiger partial charge in [-0.2, -0.15) is 0 Å². The highest BCUT2D eigenvalue weighted by Gasteiger charge is 2.20. The summed E-state index contributed by atoms with van der Waals surface area (Å²) < 4.78 is 1.02. The van der Waals surface area contributed by atoms with E-state index in [1.54, 1.807) is 0 Å². The molecule has 2 atom stereocenters. The van der Waals surface area contributed by atoms with E-state index in [1.807, 2.05) is 24.3 Å². The van der Waals surface area contributed by atoms with Crippen molar-refractivity contribution in [3.8, 4) is 0 Å². The average Bonchev–Trinajstić information content (AvgIpc) is 2.39. The van der Waals surface area contributed by atoms with Gasteiger partial charge in [0.05, 0.1) is 12.5 Å². The molecule has 2 unspecified atom stereocenters. The number of rotatable bonds is 4. The summed E-state index contributed by atoms with van der Waals surface area (Å²) in [6, 6.07) is 7.79. The van der Waals surface area contributed by atoms with Crippen LogP contribution in [0.1, 0.15) is 31.2 Å². The van der Waals surface area contributed by atoms with E-state index in [4.69, 9.17) is 0 Å². The Labute approximate surface area is 122 Å². The minimum Gasteiger partial charge on any atom is -0.393 e. The number of halogens is 1. The van der Waals surface area contributed by atoms with E-state index in [2.05, 4.69) is 21.2 Å². The fraction of sp³-hybridized carbons (Fsp3) is 0.533. The van der Waals surface area contributed by atoms with Crippen LogP contribution in [-0.2, 0) is 11.2 Å². The summed E-state index contributed by atoms with van der Waals surface area (Å²) in [6.07, 6.45) is 4.14. The van der Waals surface area contributed by atoms with Crippen LogP contribution in [0, 0.1) is 5.92 Å². The normalized spacial score (nSPS) is 23.1. The summed E-state index contributed by atoms with van der Waals surface area (Å²) in [7, 11) is 0. The van der Waals surface area contributed by atoms with Gasteiger partial charge in [0, 0.05) is 11.0 Å². The third kappa shape index (κ3) is 4.96. The first-order valence-corrected chi connectivity index (χ1v) is 7.62. The van der Waals surface area contributed by atoms with E-state index in [0.717, 1.165) is 35.7 Å². The van der Waals surface area contributed by atoms with Crippen molar-refractivity contribution in [2.75, 3.05) is 6.54 Å². The quantitative estimate of drug-likeness (QED) is 0.894. The van der Waals surface area contributed by atoms with Crippen LogP contribution in [0.3, 0.4) is 0 Å². The first-order chi connectivity index (χ1) is 9.13. The van der Waals surface area contributed by atoms with Crippen LogP contribution in [0.4, 0.5) is 0 Å². The van der Waals surface area contributed by atoms with Gasteiger partial charge >= 0.3 is 0 Å². The Morgan fingerprint density at radius 2 is 2.05 bits per heavy atom. The van der Waals surface area contributed by atoms with Crippen molar-refractivity contribution in [3.63, 3.8) is 0 Å². The van der Waals surface area contributed by atoms with Crippen molar-refractivity contribution < 1.29 is 9.90 Å². The highest BCUT2D eigenvalue weighted by Crippen LogP contribution is 2.23. The number of benzene rings is 1. The third-order valence-electron chi connectivity index (χ3n) is 3.62. The standard InChI is InChI=1S/C15H20BrNO2/c16-13-6-4-11(5-7-13)9-15(19)17-10-12-2-1-3-14(18)8-12/h4-7,12,14,18H,1-3,8-10H2,(H,17,19). The van der Waals surface area contributed by atoms with Crippen molar-refractivity contribution in [1.29, 1.82) is 0 Å². The number of nitrogens with one attached hydrogen (secondary N) is 1. The highest BCUT2D eigenvalue weighted by molar-refractivity contribution is 9.10. The lowest BCUT2D eigenvalue weighted by atomic mass is 9.87. The summed E-state index contributed by atoms with van der Waals surface area (Å²) in [5, 5.41) is 12.6. The van der Waals surface area contributed by atoms with Crippen LogP contribution in [0.25, 0.3) is 0 Å². The van der Waals surface area contributed by atoms with Crippen molar-refractivity contribution >= 4 is 21.8 Å². The number of amides is 1. The molecule has 0 saturated heterocycles. The maximum Gasteiger partial charge on any atom is 0.224 e. The smallest absolute Gasteiger partial charge is 0.224 e. The van der Waals surface area contributed by atoms with E-state index >= 15 is 0 Å². The average molecular weight is 326 g/mol. The fourth-order valence-corrected chi connectivity index (χ4v) is 2.82. The second-order valence-electron chi connectivity index (χ2n) is 5.29. The van der Waals surface area contributed by atoms with Gasteiger partial charge in [0.1, 0.15) is 0 Å². The number of aliphatic hydroxyl groups excluding tert-OH is 1. The van der Waals surface area contributed by atoms with Crippen molar-refractivity contribution in [3.05, 3.63) is 34.3 Å². The number of carbonyl (C=O) groups is 1. The Bertz CT molecular complexity index is 419. The predicted molar refractivity (Wildman–Crippen MR) is 78.8 cm³/mol. The van der Waals surface area contributed by atoms with Gasteiger partial charge in [0.15, 0.2) is 0 Å². The zero-order valence-corrected chi connectivity index (χ0v) is 12.5. The molecule has 1 amide bonds. The van der Waals surface area contributed by atoms with Gasteiger partial charge in [-0.05, 0) is 42.9 Å². The molecule has 2 N–H and O–H groups in total. The van der Waals surface area contributed by atoms with Gasteiger partial charge in [-0.15, -0.1) is 0 Å². The number of hydrogen-bond donors (Lipinski definition) is 2. The first kappa shape index (κ1) is 14.5. The summed E-state index contributed by atoms with van der Waals surface area (Å²) in [5.74, 6) is 0.486. The second-order valence-corrected chi connectivity index (χ2v) is 6.21. The van der Waals surface area contributed by atoms with Crippen LogP contribution in [0.15, 0.2) is 28.7 Å². The van der Waals surface area contributed by atoms with Gasteiger partial charge in [-0.1, -0.05) is 34.5 Å². The lowest BCUT2D eigenvalue weighted by molar-refractivity contribution is -0.120. The monoisotopic (exact) mass is 325 g/mol. The van der Waals surface area contributed by atoms with Crippen molar-refractivity contribution in [2.24, 2.45) is 5.92 Å². The van der Waals surface area contributed by atoms with Gasteiger partial charge in [-0.3, -0.25) is 4.79 Å². The van der Waals surface area contributed by atoms with Crippen LogP contribution in [-0.4, -0.2) is 23.7 Å². The molecule has 1 aromatic carbocycles. The first-order valence-electron chi connectivity index (χ1n) is 6.82. The molecule has 104 valence electrons. The Balaban J connectivity index is 1.73. The molecule has 2 rings (SSSR count). The van der Waals surface area contributed by atoms with Crippen LogP contribution in [0.2, 0.25) is 0 Å². The Hall–Kier alpha value is -0.870. The second kappa shape index (κ2) is 7.06. The Morgan fingerprint density at radius 3 is 2.74 bits per heavy atom. The molecule has 1 saturated carbocycles. The molecule has 0 aliphatic heterocycles. The third-order valence-corrected chi connectivity index (χ3v) is 4.15. The number of hydrogen-bond acceptors (Lipinski definition) is 2. The van der Waals surface area contributed by atoms with E-state index in [1.165, 1.54) is 0 Å². The van der Waals surface area contributed by atoms with Crippen LogP contribution < -0.4 is 5.32 Å².